The van der Waals surface area contributed by atoms with Crippen LogP contribution in [0.25, 0.3) is 0 Å². The zero-order chi connectivity index (χ0) is 17.1. The van der Waals surface area contributed by atoms with Gasteiger partial charge >= 0.3 is 6.09 Å². The highest BCUT2D eigenvalue weighted by Crippen LogP contribution is 2.22. The van der Waals surface area contributed by atoms with E-state index >= 15 is 0 Å². The van der Waals surface area contributed by atoms with Gasteiger partial charge in [0, 0.05) is 6.07 Å². The predicted molar refractivity (Wildman–Crippen MR) is 90.9 cm³/mol. The summed E-state index contributed by atoms with van der Waals surface area (Å²) in [6.45, 7) is 7.06. The van der Waals surface area contributed by atoms with E-state index in [2.05, 4.69) is 13.8 Å². The third-order valence-electron chi connectivity index (χ3n) is 3.48. The lowest BCUT2D eigenvalue weighted by molar-refractivity contribution is 0.0961. The fourth-order valence-electron chi connectivity index (χ4n) is 2.44. The zero-order valence-electron chi connectivity index (χ0n) is 14.4. The molecule has 0 heterocycles. The Hall–Kier alpha value is -1.91. The molecule has 0 radical (unpaired) electrons. The van der Waals surface area contributed by atoms with Gasteiger partial charge in [-0.15, -0.1) is 0 Å². The van der Waals surface area contributed by atoms with Crippen LogP contribution in [0.1, 0.15) is 46.5 Å². The quantitative estimate of drug-likeness (QED) is 0.664. The third-order valence-corrected chi connectivity index (χ3v) is 3.48. The van der Waals surface area contributed by atoms with Crippen LogP contribution >= 0.6 is 0 Å². The van der Waals surface area contributed by atoms with Crippen LogP contribution in [0.2, 0.25) is 0 Å². The number of ether oxygens (including phenoxy) is 3. The minimum atomic E-state index is -0.796. The maximum atomic E-state index is 10.6. The highest BCUT2D eigenvalue weighted by atomic mass is 16.6. The number of amides is 1. The molecule has 0 fully saturated rings. The lowest BCUT2D eigenvalue weighted by Gasteiger charge is -2.18. The van der Waals surface area contributed by atoms with Crippen molar-refractivity contribution in [3.05, 3.63) is 24.3 Å². The summed E-state index contributed by atoms with van der Waals surface area (Å²) in [6.07, 6.45) is 3.65. The van der Waals surface area contributed by atoms with Crippen molar-refractivity contribution in [3.8, 4) is 11.5 Å². The van der Waals surface area contributed by atoms with Crippen molar-refractivity contribution < 1.29 is 19.0 Å². The van der Waals surface area contributed by atoms with Gasteiger partial charge in [0.2, 0.25) is 0 Å². The van der Waals surface area contributed by atoms with Gasteiger partial charge in [-0.3, -0.25) is 0 Å². The number of carbonyl (C=O) groups excluding carboxylic acids is 1. The van der Waals surface area contributed by atoms with E-state index < -0.39 is 6.09 Å². The Kier molecular flexibility index (Phi) is 8.95. The van der Waals surface area contributed by atoms with Crippen molar-refractivity contribution in [2.45, 2.75) is 52.6 Å². The molecule has 1 unspecified atom stereocenters. The van der Waals surface area contributed by atoms with E-state index in [-0.39, 0.29) is 12.7 Å². The molecule has 0 aliphatic rings. The third kappa shape index (κ3) is 8.33. The van der Waals surface area contributed by atoms with E-state index in [4.69, 9.17) is 19.9 Å². The summed E-state index contributed by atoms with van der Waals surface area (Å²) in [5, 5.41) is 0. The molecular weight excluding hydrogens is 294 g/mol. The lowest BCUT2D eigenvalue weighted by atomic mass is 9.99. The topological polar surface area (TPSA) is 70.8 Å². The molecule has 0 bridgehead atoms. The molecule has 0 saturated carbocycles. The first-order valence-corrected chi connectivity index (χ1v) is 8.36. The van der Waals surface area contributed by atoms with Crippen LogP contribution in [0, 0.1) is 5.92 Å². The van der Waals surface area contributed by atoms with E-state index in [1.807, 2.05) is 31.2 Å². The van der Waals surface area contributed by atoms with Gasteiger partial charge in [0.1, 0.15) is 24.2 Å². The highest BCUT2D eigenvalue weighted by Gasteiger charge is 2.10. The molecule has 1 atom stereocenters. The minimum Gasteiger partial charge on any atom is -0.493 e. The minimum absolute atomic E-state index is 0.121. The summed E-state index contributed by atoms with van der Waals surface area (Å²) in [6, 6.07) is 7.52. The van der Waals surface area contributed by atoms with Gasteiger partial charge < -0.3 is 19.9 Å². The summed E-state index contributed by atoms with van der Waals surface area (Å²) in [7, 11) is 0. The fraction of sp³-hybridized carbons (Fsp3) is 0.611. The molecular formula is C18H29NO4. The molecule has 0 aliphatic heterocycles. The summed E-state index contributed by atoms with van der Waals surface area (Å²) in [5.74, 6) is 2.07. The van der Waals surface area contributed by atoms with Crippen molar-refractivity contribution in [1.82, 2.24) is 0 Å². The number of primary amides is 1. The number of hydrogen-bond donors (Lipinski definition) is 1. The van der Waals surface area contributed by atoms with Crippen LogP contribution in [0.5, 0.6) is 11.5 Å². The average molecular weight is 323 g/mol. The number of benzene rings is 1. The first-order chi connectivity index (χ1) is 11.0. The van der Waals surface area contributed by atoms with Gasteiger partial charge in [0.05, 0.1) is 6.61 Å². The van der Waals surface area contributed by atoms with Crippen LogP contribution in [0.15, 0.2) is 24.3 Å². The zero-order valence-corrected chi connectivity index (χ0v) is 14.4. The molecule has 0 aliphatic carbocycles. The highest BCUT2D eigenvalue weighted by molar-refractivity contribution is 5.64. The molecule has 130 valence electrons. The number of hydrogen-bond acceptors (Lipinski definition) is 4. The predicted octanol–water partition coefficient (Wildman–Crippen LogP) is 4.14. The van der Waals surface area contributed by atoms with Crippen molar-refractivity contribution in [2.24, 2.45) is 11.7 Å². The van der Waals surface area contributed by atoms with Crippen molar-refractivity contribution in [3.63, 3.8) is 0 Å². The van der Waals surface area contributed by atoms with Crippen LogP contribution in [-0.2, 0) is 4.74 Å². The fourth-order valence-corrected chi connectivity index (χ4v) is 2.44. The Morgan fingerprint density at radius 1 is 1.13 bits per heavy atom. The van der Waals surface area contributed by atoms with E-state index in [1.165, 1.54) is 25.7 Å². The van der Waals surface area contributed by atoms with Gasteiger partial charge in [-0.25, -0.2) is 4.79 Å². The molecule has 5 heteroatoms. The Balaban J connectivity index is 2.50. The maximum absolute atomic E-state index is 10.6. The first-order valence-electron chi connectivity index (χ1n) is 8.36. The van der Waals surface area contributed by atoms with Gasteiger partial charge in [0.15, 0.2) is 0 Å². The van der Waals surface area contributed by atoms with Crippen molar-refractivity contribution in [1.29, 1.82) is 0 Å². The Morgan fingerprint density at radius 3 is 2.39 bits per heavy atom. The number of rotatable bonds is 11. The van der Waals surface area contributed by atoms with Crippen LogP contribution in [-0.4, -0.2) is 25.4 Å². The molecule has 1 amide bonds. The van der Waals surface area contributed by atoms with Gasteiger partial charge in [0.25, 0.3) is 0 Å². The van der Waals surface area contributed by atoms with Crippen molar-refractivity contribution in [2.75, 3.05) is 13.2 Å². The Morgan fingerprint density at radius 2 is 1.78 bits per heavy atom. The van der Waals surface area contributed by atoms with E-state index in [1.54, 1.807) is 0 Å². The lowest BCUT2D eigenvalue weighted by Crippen LogP contribution is -2.24. The average Bonchev–Trinajstić information content (AvgIpc) is 2.51. The normalized spacial score (nSPS) is 12.0. The van der Waals surface area contributed by atoms with E-state index in [0.29, 0.717) is 11.7 Å². The standard InChI is InChI=1S/C18H29NO4/c1-4-7-15(8-5-2)13-21-16-9-6-10-17(11-16)23-14(3)12-22-18(19)20/h6,9-11,14-15H,4-5,7-8,12-13H2,1-3H3,(H2,19,20). The van der Waals surface area contributed by atoms with Crippen LogP contribution in [0.4, 0.5) is 4.79 Å². The van der Waals surface area contributed by atoms with Crippen LogP contribution in [0.3, 0.4) is 0 Å². The molecule has 0 saturated heterocycles. The molecule has 0 aromatic heterocycles. The second-order valence-corrected chi connectivity index (χ2v) is 5.79. The first kappa shape index (κ1) is 19.1. The van der Waals surface area contributed by atoms with Crippen LogP contribution < -0.4 is 15.2 Å². The summed E-state index contributed by atoms with van der Waals surface area (Å²) >= 11 is 0. The van der Waals surface area contributed by atoms with Gasteiger partial charge in [-0.05, 0) is 37.8 Å². The Bertz CT molecular complexity index is 458. The Labute approximate surface area is 139 Å². The van der Waals surface area contributed by atoms with Crippen molar-refractivity contribution >= 4 is 6.09 Å². The van der Waals surface area contributed by atoms with Gasteiger partial charge in [-0.2, -0.15) is 0 Å². The molecule has 23 heavy (non-hydrogen) atoms. The maximum Gasteiger partial charge on any atom is 0.404 e. The van der Waals surface area contributed by atoms with Gasteiger partial charge in [-0.1, -0.05) is 32.8 Å². The molecule has 5 nitrogen and oxygen atoms in total. The van der Waals surface area contributed by atoms with E-state index in [0.717, 1.165) is 12.4 Å². The second-order valence-electron chi connectivity index (χ2n) is 5.79. The summed E-state index contributed by atoms with van der Waals surface area (Å²) in [4.78, 5) is 10.6. The molecule has 1 rings (SSSR count). The van der Waals surface area contributed by atoms with E-state index in [9.17, 15) is 4.79 Å². The number of carbonyl (C=O) groups is 1. The molecule has 2 N–H and O–H groups in total. The summed E-state index contributed by atoms with van der Waals surface area (Å²) in [5.41, 5.74) is 4.94. The summed E-state index contributed by atoms with van der Waals surface area (Å²) < 4.78 is 16.3. The second kappa shape index (κ2) is 10.8. The SMILES string of the molecule is CCCC(CCC)COc1cccc(OC(C)COC(N)=O)c1. The molecule has 0 spiro atoms. The largest absolute Gasteiger partial charge is 0.493 e. The molecule has 1 aromatic carbocycles. The molecule has 1 aromatic rings. The number of nitrogens with two attached hydrogens (primary N) is 1. The monoisotopic (exact) mass is 323 g/mol. The smallest absolute Gasteiger partial charge is 0.404 e.